The number of nitrogens with zero attached hydrogens (tertiary/aromatic N) is 3. The van der Waals surface area contributed by atoms with E-state index in [-0.39, 0.29) is 10.8 Å². The van der Waals surface area contributed by atoms with E-state index in [1.807, 2.05) is 0 Å². The molecule has 12 aromatic carbocycles. The van der Waals surface area contributed by atoms with Crippen LogP contribution in [0.4, 0.5) is 34.1 Å². The van der Waals surface area contributed by atoms with E-state index in [4.69, 9.17) is 0 Å². The van der Waals surface area contributed by atoms with E-state index >= 15 is 0 Å². The first-order valence-electron chi connectivity index (χ1n) is 29.0. The minimum absolute atomic E-state index is 0.250. The normalized spacial score (nSPS) is 13.3. The Morgan fingerprint density at radius 1 is 0.265 bits per heavy atom. The lowest BCUT2D eigenvalue weighted by Crippen LogP contribution is -2.17. The van der Waals surface area contributed by atoms with E-state index in [1.165, 1.54) is 100 Å². The summed E-state index contributed by atoms with van der Waals surface area (Å²) in [6.07, 6.45) is 0. The Kier molecular flexibility index (Phi) is 11.9. The van der Waals surface area contributed by atoms with Crippen molar-refractivity contribution in [1.82, 2.24) is 4.57 Å². The summed E-state index contributed by atoms with van der Waals surface area (Å²) in [6.45, 7) is 9.64. The average molecular weight is 1060 g/mol. The molecule has 83 heavy (non-hydrogen) atoms. The fourth-order valence-corrected chi connectivity index (χ4v) is 13.6. The van der Waals surface area contributed by atoms with Crippen molar-refractivity contribution in [2.75, 3.05) is 9.80 Å². The van der Waals surface area contributed by atoms with Gasteiger partial charge in [-0.25, -0.2) is 0 Å². The fraction of sp³-hybridized carbons (Fsp3) is 0.0750. The maximum absolute atomic E-state index is 2.50. The molecule has 3 heteroatoms. The molecule has 13 aromatic rings. The van der Waals surface area contributed by atoms with E-state index in [1.54, 1.807) is 0 Å². The van der Waals surface area contributed by atoms with Gasteiger partial charge in [0.1, 0.15) is 0 Å². The standard InChI is InChI=1S/C80H61N3/c1-79(2)72-49-58(59-38-47-69-70-52-71-76(53-75(70)80(3,4)73(69)50-59)83(62-33-21-10-22-34-62)78(57-27-15-7-16-28-57)77(71)56-25-13-6-14-26-56)37-46-67(72)68-48-45-66(51-74(68)79)82(63-39-35-55(36-40-63)54-23-11-5-12-24-54)65-43-41-64(42-44-65)81(60-29-17-8-18-30-60)61-31-19-9-20-32-61/h5-53H,1-4H3. The Bertz CT molecular complexity index is 4510. The van der Waals surface area contributed by atoms with E-state index in [0.717, 1.165) is 39.8 Å². The molecule has 2 aliphatic rings. The summed E-state index contributed by atoms with van der Waals surface area (Å²) in [4.78, 5) is 4.73. The number of aromatic nitrogens is 1. The third kappa shape index (κ3) is 8.33. The number of fused-ring (bicyclic) bond motifs is 7. The minimum atomic E-state index is -0.269. The van der Waals surface area contributed by atoms with Crippen LogP contribution in [0.1, 0.15) is 49.9 Å². The van der Waals surface area contributed by atoms with Gasteiger partial charge in [-0.05, 0) is 187 Å². The SMILES string of the molecule is CC1(C)c2cc(-c3ccc4c(c3)C(C)(C)c3cc5c(cc3-4)c(-c3ccccc3)c(-c3ccccc3)n5-c3ccccc3)ccc2-c2ccc(N(c3ccc(-c4ccccc4)cc3)c3ccc(N(c4ccccc4)c4ccccc4)cc3)cc21. The molecule has 0 unspecified atom stereocenters. The predicted octanol–water partition coefficient (Wildman–Crippen LogP) is 21.9. The number of hydrogen-bond donors (Lipinski definition) is 0. The topological polar surface area (TPSA) is 11.4 Å². The van der Waals surface area contributed by atoms with Crippen LogP contribution in [0.25, 0.3) is 83.5 Å². The fourth-order valence-electron chi connectivity index (χ4n) is 13.6. The zero-order valence-electron chi connectivity index (χ0n) is 47.1. The summed E-state index contributed by atoms with van der Waals surface area (Å²) in [5.74, 6) is 0. The van der Waals surface area contributed by atoms with Crippen LogP contribution < -0.4 is 9.80 Å². The Morgan fingerprint density at radius 2 is 0.614 bits per heavy atom. The van der Waals surface area contributed by atoms with Crippen molar-refractivity contribution in [3.63, 3.8) is 0 Å². The van der Waals surface area contributed by atoms with Crippen molar-refractivity contribution in [2.24, 2.45) is 0 Å². The molecule has 1 heterocycles. The number of benzene rings is 12. The molecule has 15 rings (SSSR count). The molecule has 0 saturated carbocycles. The van der Waals surface area contributed by atoms with Crippen molar-refractivity contribution in [2.45, 2.75) is 38.5 Å². The van der Waals surface area contributed by atoms with Crippen LogP contribution in [0.3, 0.4) is 0 Å². The molecular formula is C80H61N3. The Hall–Kier alpha value is -10.2. The number of anilines is 6. The van der Waals surface area contributed by atoms with Gasteiger partial charge in [0, 0.05) is 61.6 Å². The summed E-state index contributed by atoms with van der Waals surface area (Å²) >= 11 is 0. The highest BCUT2D eigenvalue weighted by atomic mass is 15.2. The van der Waals surface area contributed by atoms with Crippen LogP contribution in [0.2, 0.25) is 0 Å². The first kappa shape index (κ1) is 49.8. The third-order valence-electron chi connectivity index (χ3n) is 17.8. The summed E-state index contributed by atoms with van der Waals surface area (Å²) in [5, 5.41) is 1.25. The van der Waals surface area contributed by atoms with Crippen LogP contribution in [-0.2, 0) is 10.8 Å². The van der Waals surface area contributed by atoms with Crippen LogP contribution in [0.15, 0.2) is 297 Å². The smallest absolute Gasteiger partial charge is 0.0619 e. The minimum Gasteiger partial charge on any atom is -0.311 e. The molecule has 2 aliphatic carbocycles. The first-order chi connectivity index (χ1) is 40.7. The lowest BCUT2D eigenvalue weighted by atomic mass is 9.80. The molecule has 0 saturated heterocycles. The zero-order chi connectivity index (χ0) is 55.8. The van der Waals surface area contributed by atoms with Crippen molar-refractivity contribution in [1.29, 1.82) is 0 Å². The van der Waals surface area contributed by atoms with E-state index in [0.29, 0.717) is 0 Å². The van der Waals surface area contributed by atoms with Crippen molar-refractivity contribution in [3.8, 4) is 72.6 Å². The van der Waals surface area contributed by atoms with Crippen molar-refractivity contribution in [3.05, 3.63) is 320 Å². The molecule has 0 N–H and O–H groups in total. The summed E-state index contributed by atoms with van der Waals surface area (Å²) in [7, 11) is 0. The Balaban J connectivity index is 0.801. The lowest BCUT2D eigenvalue weighted by Gasteiger charge is -2.29. The lowest BCUT2D eigenvalue weighted by molar-refractivity contribution is 0.660. The third-order valence-corrected chi connectivity index (χ3v) is 17.8. The van der Waals surface area contributed by atoms with Crippen LogP contribution in [0.5, 0.6) is 0 Å². The molecule has 0 spiro atoms. The molecule has 1 aromatic heterocycles. The average Bonchev–Trinajstić information content (AvgIpc) is 3.33. The highest BCUT2D eigenvalue weighted by molar-refractivity contribution is 6.09. The predicted molar refractivity (Wildman–Crippen MR) is 350 cm³/mol. The van der Waals surface area contributed by atoms with Crippen LogP contribution >= 0.6 is 0 Å². The molecule has 0 aliphatic heterocycles. The zero-order valence-corrected chi connectivity index (χ0v) is 47.1. The van der Waals surface area contributed by atoms with Gasteiger partial charge in [-0.3, -0.25) is 0 Å². The Morgan fingerprint density at radius 3 is 1.13 bits per heavy atom. The summed E-state index contributed by atoms with van der Waals surface area (Å²) < 4.78 is 2.50. The van der Waals surface area contributed by atoms with Gasteiger partial charge in [0.25, 0.3) is 0 Å². The van der Waals surface area contributed by atoms with Gasteiger partial charge in [0.2, 0.25) is 0 Å². The molecule has 0 fully saturated rings. The van der Waals surface area contributed by atoms with Gasteiger partial charge in [0.15, 0.2) is 0 Å². The van der Waals surface area contributed by atoms with Gasteiger partial charge < -0.3 is 14.4 Å². The van der Waals surface area contributed by atoms with Gasteiger partial charge in [-0.1, -0.05) is 216 Å². The van der Waals surface area contributed by atoms with Gasteiger partial charge in [-0.15, -0.1) is 0 Å². The summed E-state index contributed by atoms with van der Waals surface area (Å²) in [5.41, 5.74) is 28.8. The first-order valence-corrected chi connectivity index (χ1v) is 29.0. The highest BCUT2D eigenvalue weighted by Crippen LogP contribution is 2.56. The van der Waals surface area contributed by atoms with Gasteiger partial charge >= 0.3 is 0 Å². The van der Waals surface area contributed by atoms with E-state index in [9.17, 15) is 0 Å². The molecule has 0 radical (unpaired) electrons. The maximum atomic E-state index is 2.50. The Labute approximate surface area is 487 Å². The molecule has 396 valence electrons. The molecule has 0 atom stereocenters. The molecule has 3 nitrogen and oxygen atoms in total. The van der Waals surface area contributed by atoms with E-state index < -0.39 is 0 Å². The monoisotopic (exact) mass is 1060 g/mol. The molecular weight excluding hydrogens is 1000 g/mol. The summed E-state index contributed by atoms with van der Waals surface area (Å²) in [6, 6.07) is 109. The van der Waals surface area contributed by atoms with Crippen LogP contribution in [0, 0.1) is 0 Å². The molecule has 0 amide bonds. The van der Waals surface area contributed by atoms with E-state index in [2.05, 4.69) is 339 Å². The molecule has 0 bridgehead atoms. The largest absolute Gasteiger partial charge is 0.311 e. The highest BCUT2D eigenvalue weighted by Gasteiger charge is 2.39. The van der Waals surface area contributed by atoms with Crippen LogP contribution in [-0.4, -0.2) is 4.57 Å². The number of hydrogen-bond acceptors (Lipinski definition) is 2. The van der Waals surface area contributed by atoms with Crippen molar-refractivity contribution < 1.29 is 0 Å². The maximum Gasteiger partial charge on any atom is 0.0619 e. The van der Waals surface area contributed by atoms with Gasteiger partial charge in [-0.2, -0.15) is 0 Å². The van der Waals surface area contributed by atoms with Gasteiger partial charge in [0.05, 0.1) is 11.2 Å². The second kappa shape index (κ2) is 19.8. The quantitative estimate of drug-likeness (QED) is 0.128. The number of para-hydroxylation sites is 3. The number of rotatable bonds is 11. The second-order valence-electron chi connectivity index (χ2n) is 23.3. The second-order valence-corrected chi connectivity index (χ2v) is 23.3. The van der Waals surface area contributed by atoms with Crippen molar-refractivity contribution >= 4 is 45.0 Å².